The molecule has 3 unspecified atom stereocenters. The summed E-state index contributed by atoms with van der Waals surface area (Å²) in [4.78, 5) is 0. The molecule has 0 aromatic heterocycles. The zero-order valence-corrected chi connectivity index (χ0v) is 9.76. The highest BCUT2D eigenvalue weighted by Crippen LogP contribution is 2.12. The molecule has 0 aliphatic rings. The Morgan fingerprint density at radius 3 is 2.00 bits per heavy atom. The van der Waals surface area contributed by atoms with Crippen LogP contribution in [0, 0.1) is 5.92 Å². The molecule has 0 saturated carbocycles. The van der Waals surface area contributed by atoms with Gasteiger partial charge in [0.25, 0.3) is 0 Å². The second-order valence-corrected chi connectivity index (χ2v) is 6.31. The van der Waals surface area contributed by atoms with Gasteiger partial charge in [0, 0.05) is 6.04 Å². The molecule has 0 heterocycles. The molecule has 0 aliphatic heterocycles. The fourth-order valence-corrected chi connectivity index (χ4v) is 2.98. The van der Waals surface area contributed by atoms with Gasteiger partial charge in [-0.1, -0.05) is 20.3 Å². The van der Waals surface area contributed by atoms with Gasteiger partial charge in [-0.25, -0.2) is 8.42 Å². The van der Waals surface area contributed by atoms with Gasteiger partial charge in [-0.3, -0.25) is 0 Å². The average Bonchev–Trinajstić information content (AvgIpc) is 2.01. The van der Waals surface area contributed by atoms with Crippen molar-refractivity contribution in [3.63, 3.8) is 0 Å². The summed E-state index contributed by atoms with van der Waals surface area (Å²) in [5.41, 5.74) is 5.56. The highest BCUT2D eigenvalue weighted by molar-refractivity contribution is 7.92. The van der Waals surface area contributed by atoms with E-state index in [2.05, 4.69) is 0 Å². The molecule has 0 aliphatic carbocycles. The maximum atomic E-state index is 11.7. The van der Waals surface area contributed by atoms with Crippen LogP contribution in [0.1, 0.15) is 34.1 Å². The Bertz CT molecular complexity index is 234. The lowest BCUT2D eigenvalue weighted by Gasteiger charge is -2.18. The third-order valence-corrected chi connectivity index (χ3v) is 5.12. The summed E-state index contributed by atoms with van der Waals surface area (Å²) in [6.45, 7) is 7.36. The molecule has 0 aromatic carbocycles. The molecule has 13 heavy (non-hydrogen) atoms. The first-order chi connectivity index (χ1) is 5.81. The number of hydrogen-bond acceptors (Lipinski definition) is 3. The molecule has 0 spiro atoms. The van der Waals surface area contributed by atoms with Gasteiger partial charge < -0.3 is 5.73 Å². The molecule has 2 N–H and O–H groups in total. The maximum Gasteiger partial charge on any atom is 0.154 e. The Morgan fingerprint density at radius 2 is 1.69 bits per heavy atom. The van der Waals surface area contributed by atoms with E-state index in [-0.39, 0.29) is 17.7 Å². The quantitative estimate of drug-likeness (QED) is 0.736. The van der Waals surface area contributed by atoms with Gasteiger partial charge in [-0.2, -0.15) is 0 Å². The minimum Gasteiger partial charge on any atom is -0.327 e. The summed E-state index contributed by atoms with van der Waals surface area (Å²) in [7, 11) is -3.00. The van der Waals surface area contributed by atoms with Crippen molar-refractivity contribution in [1.29, 1.82) is 0 Å². The van der Waals surface area contributed by atoms with Crippen molar-refractivity contribution in [2.24, 2.45) is 11.7 Å². The smallest absolute Gasteiger partial charge is 0.154 e. The fraction of sp³-hybridized carbons (Fsp3) is 1.00. The van der Waals surface area contributed by atoms with Crippen LogP contribution < -0.4 is 5.73 Å². The fourth-order valence-electron chi connectivity index (χ4n) is 0.993. The summed E-state index contributed by atoms with van der Waals surface area (Å²) >= 11 is 0. The van der Waals surface area contributed by atoms with Crippen LogP contribution in [-0.2, 0) is 9.84 Å². The van der Waals surface area contributed by atoms with E-state index < -0.39 is 15.1 Å². The van der Waals surface area contributed by atoms with Crippen LogP contribution in [0.3, 0.4) is 0 Å². The molecule has 0 saturated heterocycles. The minimum atomic E-state index is -3.00. The largest absolute Gasteiger partial charge is 0.327 e. The van der Waals surface area contributed by atoms with E-state index in [4.69, 9.17) is 5.73 Å². The molecule has 0 radical (unpaired) electrons. The van der Waals surface area contributed by atoms with Gasteiger partial charge in [0.1, 0.15) is 0 Å². The summed E-state index contributed by atoms with van der Waals surface area (Å²) < 4.78 is 23.3. The minimum absolute atomic E-state index is 0.228. The third-order valence-electron chi connectivity index (χ3n) is 2.52. The van der Waals surface area contributed by atoms with E-state index in [0.29, 0.717) is 0 Å². The first-order valence-corrected chi connectivity index (χ1v) is 6.50. The predicted molar refractivity (Wildman–Crippen MR) is 56.4 cm³/mol. The van der Waals surface area contributed by atoms with Crippen LogP contribution in [0.5, 0.6) is 0 Å². The molecule has 80 valence electrons. The predicted octanol–water partition coefficient (Wildman–Crippen LogP) is 1.18. The molecule has 0 amide bonds. The number of hydrogen-bond donors (Lipinski definition) is 1. The van der Waals surface area contributed by atoms with Gasteiger partial charge >= 0.3 is 0 Å². The summed E-state index contributed by atoms with van der Waals surface area (Å²) in [5.74, 6) is 0.484. The van der Waals surface area contributed by atoms with E-state index in [0.717, 1.165) is 6.42 Å². The zero-order chi connectivity index (χ0) is 10.6. The Balaban J connectivity index is 4.41. The Labute approximate surface area is 81.6 Å². The lowest BCUT2D eigenvalue weighted by molar-refractivity contribution is 0.543. The normalized spacial score (nSPS) is 19.5. The van der Waals surface area contributed by atoms with Crippen LogP contribution in [0.25, 0.3) is 0 Å². The van der Waals surface area contributed by atoms with Crippen LogP contribution in [0.4, 0.5) is 0 Å². The standard InChI is InChI=1S/C9H21NO2S/c1-5-7(2)6-13(11,12)9(4)8(3)10/h7-9H,5-6,10H2,1-4H3. The van der Waals surface area contributed by atoms with Crippen LogP contribution >= 0.6 is 0 Å². The van der Waals surface area contributed by atoms with Gasteiger partial charge in [0.2, 0.25) is 0 Å². The SMILES string of the molecule is CCC(C)CS(=O)(=O)C(C)C(C)N. The molecule has 0 rings (SSSR count). The van der Waals surface area contributed by atoms with Crippen molar-refractivity contribution in [1.82, 2.24) is 0 Å². The summed E-state index contributed by atoms with van der Waals surface area (Å²) in [5, 5.41) is -0.429. The van der Waals surface area contributed by atoms with E-state index in [9.17, 15) is 8.42 Å². The molecular formula is C9H21NO2S. The average molecular weight is 207 g/mol. The lowest BCUT2D eigenvalue weighted by atomic mass is 10.2. The Morgan fingerprint density at radius 1 is 1.23 bits per heavy atom. The second kappa shape index (κ2) is 4.96. The molecular weight excluding hydrogens is 186 g/mol. The molecule has 3 atom stereocenters. The van der Waals surface area contributed by atoms with Gasteiger partial charge in [0.15, 0.2) is 9.84 Å². The number of nitrogens with two attached hydrogens (primary N) is 1. The molecule has 4 heteroatoms. The van der Waals surface area contributed by atoms with Crippen molar-refractivity contribution in [3.05, 3.63) is 0 Å². The topological polar surface area (TPSA) is 60.2 Å². The molecule has 0 aromatic rings. The van der Waals surface area contributed by atoms with Crippen molar-refractivity contribution >= 4 is 9.84 Å². The van der Waals surface area contributed by atoms with Crippen LogP contribution in [-0.4, -0.2) is 25.5 Å². The van der Waals surface area contributed by atoms with Crippen molar-refractivity contribution in [2.75, 3.05) is 5.75 Å². The first kappa shape index (κ1) is 12.9. The van der Waals surface area contributed by atoms with Gasteiger partial charge in [0.05, 0.1) is 11.0 Å². The van der Waals surface area contributed by atoms with Gasteiger partial charge in [-0.15, -0.1) is 0 Å². The van der Waals surface area contributed by atoms with E-state index in [1.165, 1.54) is 0 Å². The molecule has 0 bridgehead atoms. The van der Waals surface area contributed by atoms with Crippen molar-refractivity contribution in [2.45, 2.75) is 45.4 Å². The number of sulfone groups is 1. The van der Waals surface area contributed by atoms with Crippen molar-refractivity contribution in [3.8, 4) is 0 Å². The Kier molecular flexibility index (Phi) is 4.92. The Hall–Kier alpha value is -0.0900. The van der Waals surface area contributed by atoms with Crippen LogP contribution in [0.2, 0.25) is 0 Å². The maximum absolute atomic E-state index is 11.7. The second-order valence-electron chi connectivity index (χ2n) is 3.91. The van der Waals surface area contributed by atoms with Crippen molar-refractivity contribution < 1.29 is 8.42 Å². The molecule has 3 nitrogen and oxygen atoms in total. The lowest BCUT2D eigenvalue weighted by Crippen LogP contribution is -2.38. The first-order valence-electron chi connectivity index (χ1n) is 4.78. The summed E-state index contributed by atoms with van der Waals surface area (Å²) in [6.07, 6.45) is 0.894. The third kappa shape index (κ3) is 4.09. The highest BCUT2D eigenvalue weighted by Gasteiger charge is 2.25. The summed E-state index contributed by atoms with van der Waals surface area (Å²) in [6, 6.07) is -0.283. The monoisotopic (exact) mass is 207 g/mol. The highest BCUT2D eigenvalue weighted by atomic mass is 32.2. The van der Waals surface area contributed by atoms with Gasteiger partial charge in [-0.05, 0) is 19.8 Å². The van der Waals surface area contributed by atoms with E-state index in [1.807, 2.05) is 13.8 Å². The zero-order valence-electron chi connectivity index (χ0n) is 8.95. The molecule has 0 fully saturated rings. The van der Waals surface area contributed by atoms with E-state index in [1.54, 1.807) is 13.8 Å². The number of rotatable bonds is 5. The van der Waals surface area contributed by atoms with E-state index >= 15 is 0 Å². The van der Waals surface area contributed by atoms with Crippen LogP contribution in [0.15, 0.2) is 0 Å².